The second-order valence-corrected chi connectivity index (χ2v) is 5.97. The Balaban J connectivity index is 2.30. The highest BCUT2D eigenvalue weighted by Crippen LogP contribution is 2.32. The molecule has 0 amide bonds. The van der Waals surface area contributed by atoms with Crippen LogP contribution in [0.15, 0.2) is 0 Å². The van der Waals surface area contributed by atoms with Crippen molar-refractivity contribution in [3.05, 3.63) is 11.4 Å². The lowest BCUT2D eigenvalue weighted by atomic mass is 9.82. The molecule has 0 saturated heterocycles. The van der Waals surface area contributed by atoms with E-state index in [0.717, 1.165) is 48.8 Å². The second-order valence-electron chi connectivity index (χ2n) is 5.97. The van der Waals surface area contributed by atoms with Crippen molar-refractivity contribution < 1.29 is 5.11 Å². The third kappa shape index (κ3) is 3.64. The van der Waals surface area contributed by atoms with Gasteiger partial charge in [0.05, 0.1) is 12.1 Å². The molecule has 1 aromatic rings. The summed E-state index contributed by atoms with van der Waals surface area (Å²) in [5, 5.41) is 16.7. The number of hydrogen-bond acceptors (Lipinski definition) is 5. The summed E-state index contributed by atoms with van der Waals surface area (Å²) in [5.74, 6) is 2.60. The monoisotopic (exact) mass is 292 g/mol. The molecule has 5 nitrogen and oxygen atoms in total. The van der Waals surface area contributed by atoms with Gasteiger partial charge in [0.25, 0.3) is 0 Å². The van der Waals surface area contributed by atoms with E-state index in [1.807, 2.05) is 6.92 Å². The fourth-order valence-corrected chi connectivity index (χ4v) is 2.98. The molecule has 1 aliphatic carbocycles. The van der Waals surface area contributed by atoms with Crippen LogP contribution in [-0.2, 0) is 6.42 Å². The molecule has 2 rings (SSSR count). The van der Waals surface area contributed by atoms with Crippen LogP contribution < -0.4 is 10.6 Å². The first kappa shape index (κ1) is 16.0. The number of aliphatic hydroxyl groups excluding tert-OH is 1. The Hall–Kier alpha value is -1.36. The van der Waals surface area contributed by atoms with Crippen LogP contribution in [0.4, 0.5) is 11.6 Å². The van der Waals surface area contributed by atoms with Crippen molar-refractivity contribution in [2.45, 2.75) is 64.8 Å². The first-order valence-corrected chi connectivity index (χ1v) is 8.14. The second kappa shape index (κ2) is 7.07. The van der Waals surface area contributed by atoms with E-state index in [1.165, 1.54) is 19.3 Å². The minimum atomic E-state index is -0.216. The molecule has 1 aromatic heterocycles. The molecule has 0 atom stereocenters. The highest BCUT2D eigenvalue weighted by molar-refractivity contribution is 5.58. The smallest absolute Gasteiger partial charge is 0.135 e. The number of anilines is 2. The Morgan fingerprint density at radius 3 is 2.33 bits per heavy atom. The molecule has 3 N–H and O–H groups in total. The van der Waals surface area contributed by atoms with E-state index in [4.69, 9.17) is 0 Å². The third-order valence-electron chi connectivity index (χ3n) is 4.35. The number of nitrogens with one attached hydrogen (secondary N) is 2. The van der Waals surface area contributed by atoms with E-state index in [9.17, 15) is 5.11 Å². The van der Waals surface area contributed by atoms with Gasteiger partial charge in [-0.3, -0.25) is 0 Å². The number of aliphatic hydroxyl groups is 1. The van der Waals surface area contributed by atoms with Crippen molar-refractivity contribution in [2.24, 2.45) is 0 Å². The molecule has 5 heteroatoms. The van der Waals surface area contributed by atoms with Gasteiger partial charge in [-0.25, -0.2) is 9.97 Å². The lowest BCUT2D eigenvalue weighted by Crippen LogP contribution is -2.44. The molecule has 0 spiro atoms. The van der Waals surface area contributed by atoms with Crippen LogP contribution in [0.1, 0.15) is 57.3 Å². The quantitative estimate of drug-likeness (QED) is 0.752. The molecule has 0 aromatic carbocycles. The SMILES string of the molecule is CCNc1nc(CC)nc(NC2(CO)CCCCC2)c1C. The molecule has 1 heterocycles. The maximum atomic E-state index is 9.87. The Morgan fingerprint density at radius 2 is 1.76 bits per heavy atom. The van der Waals surface area contributed by atoms with Gasteiger partial charge in [0.15, 0.2) is 0 Å². The molecule has 1 fully saturated rings. The summed E-state index contributed by atoms with van der Waals surface area (Å²) in [7, 11) is 0. The molecule has 0 bridgehead atoms. The highest BCUT2D eigenvalue weighted by atomic mass is 16.3. The summed E-state index contributed by atoms with van der Waals surface area (Å²) < 4.78 is 0. The normalized spacial score (nSPS) is 17.5. The van der Waals surface area contributed by atoms with Crippen molar-refractivity contribution in [2.75, 3.05) is 23.8 Å². The van der Waals surface area contributed by atoms with Gasteiger partial charge in [0.2, 0.25) is 0 Å². The summed E-state index contributed by atoms with van der Waals surface area (Å²) in [6, 6.07) is 0. The largest absolute Gasteiger partial charge is 0.394 e. The van der Waals surface area contributed by atoms with Gasteiger partial charge in [-0.1, -0.05) is 26.2 Å². The summed E-state index contributed by atoms with van der Waals surface area (Å²) in [6.07, 6.45) is 6.40. The lowest BCUT2D eigenvalue weighted by Gasteiger charge is -2.37. The molecule has 1 aliphatic rings. The van der Waals surface area contributed by atoms with Gasteiger partial charge in [0.1, 0.15) is 17.5 Å². The van der Waals surface area contributed by atoms with E-state index in [-0.39, 0.29) is 12.1 Å². The number of aryl methyl sites for hydroxylation is 1. The summed E-state index contributed by atoms with van der Waals surface area (Å²) >= 11 is 0. The third-order valence-corrected chi connectivity index (χ3v) is 4.35. The van der Waals surface area contributed by atoms with Gasteiger partial charge in [-0.15, -0.1) is 0 Å². The maximum absolute atomic E-state index is 9.87. The van der Waals surface area contributed by atoms with Gasteiger partial charge in [0, 0.05) is 18.5 Å². The minimum Gasteiger partial charge on any atom is -0.394 e. The minimum absolute atomic E-state index is 0.161. The number of nitrogens with zero attached hydrogens (tertiary/aromatic N) is 2. The Kier molecular flexibility index (Phi) is 5.39. The highest BCUT2D eigenvalue weighted by Gasteiger charge is 2.32. The Labute approximate surface area is 127 Å². The average Bonchev–Trinajstić information content (AvgIpc) is 2.52. The first-order valence-electron chi connectivity index (χ1n) is 8.14. The van der Waals surface area contributed by atoms with E-state index < -0.39 is 0 Å². The zero-order valence-electron chi connectivity index (χ0n) is 13.5. The summed E-state index contributed by atoms with van der Waals surface area (Å²) in [5.41, 5.74) is 0.818. The number of rotatable bonds is 6. The van der Waals surface area contributed by atoms with Crippen LogP contribution in [0.2, 0.25) is 0 Å². The fourth-order valence-electron chi connectivity index (χ4n) is 2.98. The van der Waals surface area contributed by atoms with Crippen LogP contribution >= 0.6 is 0 Å². The summed E-state index contributed by atoms with van der Waals surface area (Å²) in [4.78, 5) is 9.21. The van der Waals surface area contributed by atoms with Crippen LogP contribution in [0.25, 0.3) is 0 Å². The zero-order valence-corrected chi connectivity index (χ0v) is 13.5. The standard InChI is InChI=1S/C16H28N4O/c1-4-13-18-14(17-5-2)12(3)15(19-13)20-16(11-21)9-7-6-8-10-16/h21H,4-11H2,1-3H3,(H2,17,18,19,20). The molecule has 1 saturated carbocycles. The Bertz CT molecular complexity index is 470. The topological polar surface area (TPSA) is 70.1 Å². The van der Waals surface area contributed by atoms with Crippen molar-refractivity contribution in [1.29, 1.82) is 0 Å². The van der Waals surface area contributed by atoms with E-state index >= 15 is 0 Å². The predicted molar refractivity (Wildman–Crippen MR) is 86.8 cm³/mol. The fraction of sp³-hybridized carbons (Fsp3) is 0.750. The summed E-state index contributed by atoms with van der Waals surface area (Å²) in [6.45, 7) is 7.16. The number of aromatic nitrogens is 2. The molecule has 118 valence electrons. The van der Waals surface area contributed by atoms with Gasteiger partial charge >= 0.3 is 0 Å². The van der Waals surface area contributed by atoms with Crippen molar-refractivity contribution >= 4 is 11.6 Å². The van der Waals surface area contributed by atoms with Crippen molar-refractivity contribution in [3.8, 4) is 0 Å². The Morgan fingerprint density at radius 1 is 1.10 bits per heavy atom. The van der Waals surface area contributed by atoms with Gasteiger partial charge in [-0.2, -0.15) is 0 Å². The van der Waals surface area contributed by atoms with E-state index in [1.54, 1.807) is 0 Å². The first-order chi connectivity index (χ1) is 10.1. The molecule has 0 unspecified atom stereocenters. The molecule has 0 radical (unpaired) electrons. The van der Waals surface area contributed by atoms with Gasteiger partial charge < -0.3 is 15.7 Å². The van der Waals surface area contributed by atoms with Gasteiger partial charge in [-0.05, 0) is 26.7 Å². The van der Waals surface area contributed by atoms with Crippen molar-refractivity contribution in [3.63, 3.8) is 0 Å². The molecule has 0 aliphatic heterocycles. The molecule has 21 heavy (non-hydrogen) atoms. The number of hydrogen-bond donors (Lipinski definition) is 3. The maximum Gasteiger partial charge on any atom is 0.135 e. The van der Waals surface area contributed by atoms with Crippen LogP contribution in [0, 0.1) is 6.92 Å². The zero-order chi connectivity index (χ0) is 15.3. The molecular weight excluding hydrogens is 264 g/mol. The van der Waals surface area contributed by atoms with Crippen LogP contribution in [0.5, 0.6) is 0 Å². The predicted octanol–water partition coefficient (Wildman–Crippen LogP) is 2.89. The van der Waals surface area contributed by atoms with Crippen molar-refractivity contribution in [1.82, 2.24) is 9.97 Å². The van der Waals surface area contributed by atoms with E-state index in [0.29, 0.717) is 0 Å². The average molecular weight is 292 g/mol. The van der Waals surface area contributed by atoms with E-state index in [2.05, 4.69) is 34.4 Å². The van der Waals surface area contributed by atoms with Crippen LogP contribution in [-0.4, -0.2) is 33.8 Å². The van der Waals surface area contributed by atoms with Crippen LogP contribution in [0.3, 0.4) is 0 Å². The lowest BCUT2D eigenvalue weighted by molar-refractivity contribution is 0.172. The molecular formula is C16H28N4O.